The highest BCUT2D eigenvalue weighted by atomic mass is 79.9. The summed E-state index contributed by atoms with van der Waals surface area (Å²) in [5.74, 6) is 2.90. The van der Waals surface area contributed by atoms with Crippen molar-refractivity contribution < 1.29 is 14.3 Å². The van der Waals surface area contributed by atoms with E-state index in [1.807, 2.05) is 0 Å². The lowest BCUT2D eigenvalue weighted by Gasteiger charge is -2.61. The van der Waals surface area contributed by atoms with Crippen LogP contribution in [0, 0.1) is 46.3 Å². The van der Waals surface area contributed by atoms with Crippen LogP contribution in [0.2, 0.25) is 0 Å². The van der Waals surface area contributed by atoms with Crippen LogP contribution in [0.5, 0.6) is 0 Å². The lowest BCUT2D eigenvalue weighted by atomic mass is 9.44. The van der Waals surface area contributed by atoms with Crippen LogP contribution in [-0.4, -0.2) is 22.7 Å². The monoisotopic (exact) mass is 630 g/mol. The number of ketones is 1. The van der Waals surface area contributed by atoms with Crippen LogP contribution in [0.15, 0.2) is 66.7 Å². The second-order valence-corrected chi connectivity index (χ2v) is 15.3. The molecule has 0 saturated heterocycles. The molecule has 0 N–H and O–H groups in total. The Kier molecular flexibility index (Phi) is 8.32. The molecular formula is C38H47BrO3. The summed E-state index contributed by atoms with van der Waals surface area (Å²) in [5, 5.41) is 0. The van der Waals surface area contributed by atoms with Crippen LogP contribution in [-0.2, 0) is 14.3 Å². The van der Waals surface area contributed by atoms with Gasteiger partial charge in [0, 0.05) is 12.8 Å². The van der Waals surface area contributed by atoms with Gasteiger partial charge < -0.3 is 4.74 Å². The topological polar surface area (TPSA) is 43.4 Å². The van der Waals surface area contributed by atoms with E-state index in [1.54, 1.807) is 0 Å². The van der Waals surface area contributed by atoms with E-state index in [0.29, 0.717) is 35.4 Å². The van der Waals surface area contributed by atoms with E-state index in [2.05, 4.69) is 103 Å². The second-order valence-electron chi connectivity index (χ2n) is 14.4. The molecule has 4 aliphatic rings. The number of Topliss-reactive ketones (excluding diaryl/α,β-unsaturated/α-hetero) is 1. The number of ether oxygens (including phenoxy) is 1. The molecule has 0 radical (unpaired) electrons. The van der Waals surface area contributed by atoms with Gasteiger partial charge in [0.2, 0.25) is 0 Å². The SMILES string of the molecule is CC(=O)O[C@@H]1CC[C@]2(C)[C@H](CC[C@@H]3[C@@H]2C(=O)[C@H](Br)[C@@]2(C)[C@H]3CC[C@H]2[C@@H](C)CC=C(c2ccccc2)c2ccccc2)C1. The average molecular weight is 632 g/mol. The quantitative estimate of drug-likeness (QED) is 0.236. The molecule has 3 nitrogen and oxygen atoms in total. The van der Waals surface area contributed by atoms with E-state index in [9.17, 15) is 9.59 Å². The fourth-order valence-corrected chi connectivity index (χ4v) is 11.3. The molecular weight excluding hydrogens is 584 g/mol. The van der Waals surface area contributed by atoms with Crippen molar-refractivity contribution in [1.82, 2.24) is 0 Å². The first-order chi connectivity index (χ1) is 20.1. The molecule has 0 amide bonds. The highest BCUT2D eigenvalue weighted by Crippen LogP contribution is 2.68. The van der Waals surface area contributed by atoms with Crippen molar-refractivity contribution in [3.05, 3.63) is 77.9 Å². The molecule has 0 heterocycles. The number of carbonyl (C=O) groups excluding carboxylic acids is 2. The molecule has 4 saturated carbocycles. The van der Waals surface area contributed by atoms with Gasteiger partial charge >= 0.3 is 5.97 Å². The Morgan fingerprint density at radius 1 is 0.976 bits per heavy atom. The summed E-state index contributed by atoms with van der Waals surface area (Å²) in [5.41, 5.74) is 3.80. The van der Waals surface area contributed by atoms with Gasteiger partial charge in [-0.2, -0.15) is 0 Å². The molecule has 42 heavy (non-hydrogen) atoms. The van der Waals surface area contributed by atoms with Crippen LogP contribution in [0.1, 0.15) is 90.2 Å². The van der Waals surface area contributed by atoms with E-state index in [4.69, 9.17) is 4.74 Å². The number of esters is 1. The summed E-state index contributed by atoms with van der Waals surface area (Å²) in [7, 11) is 0. The minimum Gasteiger partial charge on any atom is -0.463 e. The minimum absolute atomic E-state index is 0.0106. The first-order valence-corrected chi connectivity index (χ1v) is 17.2. The highest BCUT2D eigenvalue weighted by Gasteiger charge is 2.66. The standard InChI is InChI=1S/C38H47BrO3/c1-24(15-17-30(26-11-7-5-8-12-26)27-13-9-6-10-14-27)32-19-20-33-31-18-16-28-23-29(42-25(2)40)21-22-37(28,3)34(31)35(41)36(39)38(32,33)4/h5-14,17,24,28-29,31-34,36H,15-16,18-23H2,1-4H3/t24-,28+,29+,31-,32-,33-,34+,36-,37+,38+/m0/s1. The van der Waals surface area contributed by atoms with Gasteiger partial charge in [-0.05, 0) is 108 Å². The van der Waals surface area contributed by atoms with Crippen LogP contribution in [0.4, 0.5) is 0 Å². The number of allylic oxidation sites excluding steroid dienone is 1. The third kappa shape index (κ3) is 5.04. The molecule has 0 aliphatic heterocycles. The first kappa shape index (κ1) is 29.9. The normalized spacial score (nSPS) is 38.0. The molecule has 2 aromatic carbocycles. The van der Waals surface area contributed by atoms with Gasteiger partial charge in [0.25, 0.3) is 0 Å². The smallest absolute Gasteiger partial charge is 0.302 e. The van der Waals surface area contributed by atoms with Crippen molar-refractivity contribution in [1.29, 1.82) is 0 Å². The molecule has 0 spiro atoms. The zero-order valence-electron chi connectivity index (χ0n) is 25.7. The molecule has 224 valence electrons. The Hall–Kier alpha value is -2.20. The van der Waals surface area contributed by atoms with Crippen molar-refractivity contribution in [2.75, 3.05) is 0 Å². The maximum absolute atomic E-state index is 14.5. The molecule has 4 heteroatoms. The van der Waals surface area contributed by atoms with Crippen molar-refractivity contribution in [2.24, 2.45) is 46.3 Å². The van der Waals surface area contributed by atoms with Crippen LogP contribution < -0.4 is 0 Å². The van der Waals surface area contributed by atoms with Gasteiger partial charge in [-0.15, -0.1) is 0 Å². The third-order valence-corrected chi connectivity index (χ3v) is 13.8. The summed E-state index contributed by atoms with van der Waals surface area (Å²) in [6.45, 7) is 8.79. The zero-order valence-corrected chi connectivity index (χ0v) is 27.3. The molecule has 6 rings (SSSR count). The van der Waals surface area contributed by atoms with E-state index >= 15 is 0 Å². The van der Waals surface area contributed by atoms with Gasteiger partial charge in [0.05, 0.1) is 4.83 Å². The van der Waals surface area contributed by atoms with Crippen LogP contribution in [0.3, 0.4) is 0 Å². The predicted octanol–water partition coefficient (Wildman–Crippen LogP) is 9.29. The lowest BCUT2D eigenvalue weighted by molar-refractivity contribution is -0.168. The molecule has 4 aliphatic carbocycles. The Balaban J connectivity index is 1.24. The summed E-state index contributed by atoms with van der Waals surface area (Å²) >= 11 is 4.09. The molecule has 4 fully saturated rings. The molecule has 0 bridgehead atoms. The lowest BCUT2D eigenvalue weighted by Crippen LogP contribution is -2.62. The summed E-state index contributed by atoms with van der Waals surface area (Å²) < 4.78 is 5.65. The molecule has 0 aromatic heterocycles. The fraction of sp³-hybridized carbons (Fsp3) is 0.579. The maximum atomic E-state index is 14.5. The van der Waals surface area contributed by atoms with Gasteiger partial charge in [-0.1, -0.05) is 103 Å². The van der Waals surface area contributed by atoms with E-state index in [-0.39, 0.29) is 33.6 Å². The van der Waals surface area contributed by atoms with E-state index in [0.717, 1.165) is 38.5 Å². The first-order valence-electron chi connectivity index (χ1n) is 16.3. The second kappa shape index (κ2) is 11.7. The average Bonchev–Trinajstić information content (AvgIpc) is 3.35. The Morgan fingerprint density at radius 2 is 1.62 bits per heavy atom. The predicted molar refractivity (Wildman–Crippen MR) is 173 cm³/mol. The number of halogens is 1. The Labute approximate surface area is 261 Å². The van der Waals surface area contributed by atoms with Crippen molar-refractivity contribution >= 4 is 33.3 Å². The van der Waals surface area contributed by atoms with Gasteiger partial charge in [-0.3, -0.25) is 9.59 Å². The number of rotatable bonds is 6. The Bertz CT molecular complexity index is 1280. The van der Waals surface area contributed by atoms with Crippen LogP contribution in [0.25, 0.3) is 5.57 Å². The number of carbonyl (C=O) groups is 2. The highest BCUT2D eigenvalue weighted by molar-refractivity contribution is 9.10. The van der Waals surface area contributed by atoms with Crippen molar-refractivity contribution in [2.45, 2.75) is 90.0 Å². The molecule has 0 unspecified atom stereocenters. The largest absolute Gasteiger partial charge is 0.463 e. The van der Waals surface area contributed by atoms with Gasteiger partial charge in [-0.25, -0.2) is 0 Å². The van der Waals surface area contributed by atoms with Crippen molar-refractivity contribution in [3.8, 4) is 0 Å². The number of alkyl halides is 1. The van der Waals surface area contributed by atoms with E-state index in [1.165, 1.54) is 36.5 Å². The number of benzene rings is 2. The molecule has 10 atom stereocenters. The van der Waals surface area contributed by atoms with Gasteiger partial charge in [0.1, 0.15) is 6.10 Å². The maximum Gasteiger partial charge on any atom is 0.302 e. The molecule has 2 aromatic rings. The summed E-state index contributed by atoms with van der Waals surface area (Å²) in [4.78, 5) is 26.1. The summed E-state index contributed by atoms with van der Waals surface area (Å²) in [6.07, 6.45) is 11.0. The number of hydrogen-bond donors (Lipinski definition) is 0. The zero-order chi connectivity index (χ0) is 29.6. The Morgan fingerprint density at radius 3 is 2.24 bits per heavy atom. The number of hydrogen-bond acceptors (Lipinski definition) is 3. The third-order valence-electron chi connectivity index (χ3n) is 12.4. The van der Waals surface area contributed by atoms with Gasteiger partial charge in [0.15, 0.2) is 5.78 Å². The van der Waals surface area contributed by atoms with Crippen molar-refractivity contribution in [3.63, 3.8) is 0 Å². The number of fused-ring (bicyclic) bond motifs is 5. The minimum atomic E-state index is -0.178. The van der Waals surface area contributed by atoms with Crippen LogP contribution >= 0.6 is 15.9 Å². The van der Waals surface area contributed by atoms with E-state index < -0.39 is 0 Å². The fourth-order valence-electron chi connectivity index (χ4n) is 10.4. The summed E-state index contributed by atoms with van der Waals surface area (Å²) in [6, 6.07) is 21.5.